The van der Waals surface area contributed by atoms with E-state index in [-0.39, 0.29) is 6.61 Å². The molecule has 2 aromatic rings. The molecule has 1 aliphatic heterocycles. The monoisotopic (exact) mass is 302 g/mol. The van der Waals surface area contributed by atoms with Gasteiger partial charge in [-0.05, 0) is 31.9 Å². The number of benzene rings is 1. The maximum absolute atomic E-state index is 12.1. The summed E-state index contributed by atoms with van der Waals surface area (Å²) in [7, 11) is 0. The second-order valence-corrected chi connectivity index (χ2v) is 6.41. The van der Waals surface area contributed by atoms with Crippen molar-refractivity contribution in [3.63, 3.8) is 0 Å². The number of aromatic amines is 1. The molecule has 1 aromatic heterocycles. The smallest absolute Gasteiger partial charge is 0.226 e. The molecule has 22 heavy (non-hydrogen) atoms. The molecule has 0 fully saturated rings. The Morgan fingerprint density at radius 3 is 2.86 bits per heavy atom. The van der Waals surface area contributed by atoms with Gasteiger partial charge in [0.15, 0.2) is 0 Å². The molecule has 2 heterocycles. The van der Waals surface area contributed by atoms with E-state index in [1.165, 1.54) is 0 Å². The van der Waals surface area contributed by atoms with E-state index in [1.54, 1.807) is 13.8 Å². The predicted molar refractivity (Wildman–Crippen MR) is 84.3 cm³/mol. The first-order valence-corrected chi connectivity index (χ1v) is 7.59. The Morgan fingerprint density at radius 2 is 2.18 bits per heavy atom. The lowest BCUT2D eigenvalue weighted by Crippen LogP contribution is -2.54. The van der Waals surface area contributed by atoms with Crippen molar-refractivity contribution in [2.75, 3.05) is 13.2 Å². The molecule has 1 aromatic carbocycles. The van der Waals surface area contributed by atoms with E-state index in [1.807, 2.05) is 18.2 Å². The third-order valence-corrected chi connectivity index (χ3v) is 5.01. The van der Waals surface area contributed by atoms with Crippen molar-refractivity contribution >= 4 is 16.8 Å². The first-order chi connectivity index (χ1) is 10.4. The second kappa shape index (κ2) is 5.11. The van der Waals surface area contributed by atoms with Gasteiger partial charge in [-0.25, -0.2) is 0 Å². The highest BCUT2D eigenvalue weighted by Crippen LogP contribution is 2.49. The summed E-state index contributed by atoms with van der Waals surface area (Å²) in [6.07, 6.45) is 1.10. The lowest BCUT2D eigenvalue weighted by molar-refractivity contribution is -0.169. The topological polar surface area (TPSA) is 88.3 Å². The molecule has 118 valence electrons. The predicted octanol–water partition coefficient (Wildman–Crippen LogP) is 1.83. The number of amides is 1. The van der Waals surface area contributed by atoms with Crippen LogP contribution in [-0.4, -0.2) is 29.2 Å². The summed E-state index contributed by atoms with van der Waals surface area (Å²) in [6.45, 7) is 3.99. The van der Waals surface area contributed by atoms with Gasteiger partial charge in [-0.1, -0.05) is 18.2 Å². The minimum atomic E-state index is -0.939. The van der Waals surface area contributed by atoms with E-state index < -0.39 is 16.9 Å². The Hall–Kier alpha value is -1.85. The number of hydrogen-bond acceptors (Lipinski definition) is 3. The highest BCUT2D eigenvalue weighted by atomic mass is 16.5. The highest BCUT2D eigenvalue weighted by Gasteiger charge is 2.54. The first kappa shape index (κ1) is 15.1. The molecule has 0 bridgehead atoms. The Bertz CT molecular complexity index is 720. The fourth-order valence-corrected chi connectivity index (χ4v) is 3.56. The third-order valence-electron chi connectivity index (χ3n) is 5.01. The van der Waals surface area contributed by atoms with Crippen LogP contribution in [0.1, 0.15) is 31.5 Å². The van der Waals surface area contributed by atoms with Crippen molar-refractivity contribution in [2.45, 2.75) is 32.3 Å². The van der Waals surface area contributed by atoms with Crippen LogP contribution in [0.4, 0.5) is 0 Å². The van der Waals surface area contributed by atoms with Crippen molar-refractivity contribution in [3.05, 3.63) is 35.5 Å². The van der Waals surface area contributed by atoms with Crippen molar-refractivity contribution in [2.24, 2.45) is 11.1 Å². The quantitative estimate of drug-likeness (QED) is 0.805. The van der Waals surface area contributed by atoms with Crippen LogP contribution in [-0.2, 0) is 21.6 Å². The van der Waals surface area contributed by atoms with Crippen LogP contribution in [0.2, 0.25) is 0 Å². The molecule has 5 heteroatoms. The Morgan fingerprint density at radius 1 is 1.45 bits per heavy atom. The number of primary amides is 1. The zero-order valence-corrected chi connectivity index (χ0v) is 13.0. The Kier molecular flexibility index (Phi) is 3.50. The molecule has 0 radical (unpaired) electrons. The van der Waals surface area contributed by atoms with Crippen molar-refractivity contribution in [1.82, 2.24) is 4.98 Å². The van der Waals surface area contributed by atoms with E-state index in [9.17, 15) is 9.90 Å². The van der Waals surface area contributed by atoms with Gasteiger partial charge in [0.25, 0.3) is 0 Å². The molecular weight excluding hydrogens is 280 g/mol. The zero-order valence-electron chi connectivity index (χ0n) is 13.0. The molecule has 1 aliphatic rings. The molecule has 3 rings (SSSR count). The van der Waals surface area contributed by atoms with Crippen molar-refractivity contribution in [3.8, 4) is 0 Å². The fourth-order valence-electron chi connectivity index (χ4n) is 3.56. The fraction of sp³-hybridized carbons (Fsp3) is 0.471. The number of aliphatic hydroxyl groups is 1. The van der Waals surface area contributed by atoms with E-state index in [0.717, 1.165) is 28.6 Å². The van der Waals surface area contributed by atoms with Crippen molar-refractivity contribution < 1.29 is 14.6 Å². The number of ether oxygens (including phenoxy) is 1. The van der Waals surface area contributed by atoms with E-state index in [0.29, 0.717) is 13.0 Å². The SMILES string of the molecule is CC(C)(C(N)=O)C1(CCO)OCCc2c1[nH]c1ccccc21. The largest absolute Gasteiger partial charge is 0.396 e. The minimum Gasteiger partial charge on any atom is -0.396 e. The van der Waals surface area contributed by atoms with Gasteiger partial charge in [-0.2, -0.15) is 0 Å². The number of fused-ring (bicyclic) bond motifs is 3. The van der Waals surface area contributed by atoms with Crippen LogP contribution in [0.3, 0.4) is 0 Å². The summed E-state index contributed by atoms with van der Waals surface area (Å²) in [6, 6.07) is 8.04. The summed E-state index contributed by atoms with van der Waals surface area (Å²) in [5.74, 6) is -0.438. The number of carbonyl (C=O) groups is 1. The number of aromatic nitrogens is 1. The van der Waals surface area contributed by atoms with Gasteiger partial charge in [0.05, 0.1) is 17.7 Å². The molecule has 1 atom stereocenters. The number of carbonyl (C=O) groups excluding carboxylic acids is 1. The molecule has 1 amide bonds. The maximum Gasteiger partial charge on any atom is 0.226 e. The average Bonchev–Trinajstić information content (AvgIpc) is 2.87. The lowest BCUT2D eigenvalue weighted by Gasteiger charge is -2.46. The number of nitrogens with one attached hydrogen (secondary N) is 1. The van der Waals surface area contributed by atoms with Gasteiger partial charge in [0, 0.05) is 23.9 Å². The summed E-state index contributed by atoms with van der Waals surface area (Å²) < 4.78 is 6.10. The average molecular weight is 302 g/mol. The zero-order chi connectivity index (χ0) is 16.0. The van der Waals surface area contributed by atoms with Crippen LogP contribution in [0.15, 0.2) is 24.3 Å². The molecule has 0 saturated heterocycles. The number of aliphatic hydroxyl groups excluding tert-OH is 1. The van der Waals surface area contributed by atoms with Crippen LogP contribution in [0.25, 0.3) is 10.9 Å². The van der Waals surface area contributed by atoms with Crippen molar-refractivity contribution in [1.29, 1.82) is 0 Å². The third kappa shape index (κ3) is 1.89. The number of rotatable bonds is 4. The van der Waals surface area contributed by atoms with E-state index in [2.05, 4.69) is 11.1 Å². The van der Waals surface area contributed by atoms with E-state index >= 15 is 0 Å². The van der Waals surface area contributed by atoms with Crippen LogP contribution in [0, 0.1) is 5.41 Å². The number of nitrogens with two attached hydrogens (primary N) is 1. The summed E-state index contributed by atoms with van der Waals surface area (Å²) in [4.78, 5) is 15.5. The maximum atomic E-state index is 12.1. The highest BCUT2D eigenvalue weighted by molar-refractivity contribution is 5.87. The van der Waals surface area contributed by atoms with Gasteiger partial charge in [-0.3, -0.25) is 4.79 Å². The number of para-hydroxylation sites is 1. The number of hydrogen-bond donors (Lipinski definition) is 3. The lowest BCUT2D eigenvalue weighted by atomic mass is 9.68. The Labute approximate surface area is 129 Å². The summed E-state index contributed by atoms with van der Waals surface area (Å²) >= 11 is 0. The molecule has 0 spiro atoms. The molecule has 5 nitrogen and oxygen atoms in total. The van der Waals surface area contributed by atoms with Gasteiger partial charge in [0.2, 0.25) is 5.91 Å². The van der Waals surface area contributed by atoms with Gasteiger partial charge in [0.1, 0.15) is 5.60 Å². The summed E-state index contributed by atoms with van der Waals surface area (Å²) in [5.41, 5.74) is 6.83. The minimum absolute atomic E-state index is 0.0779. The van der Waals surface area contributed by atoms with Crippen LogP contribution < -0.4 is 5.73 Å². The standard InChI is InChI=1S/C17H22N2O3/c1-16(2,15(18)21)17(8-9-20)14-12(7-10-22-17)11-5-3-4-6-13(11)19-14/h3-6,19-20H,7-10H2,1-2H3,(H2,18,21). The molecular formula is C17H22N2O3. The molecule has 4 N–H and O–H groups in total. The second-order valence-electron chi connectivity index (χ2n) is 6.41. The van der Waals surface area contributed by atoms with E-state index in [4.69, 9.17) is 10.5 Å². The van der Waals surface area contributed by atoms with Crippen LogP contribution in [0.5, 0.6) is 0 Å². The van der Waals surface area contributed by atoms with Gasteiger partial charge < -0.3 is 20.6 Å². The number of H-pyrrole nitrogens is 1. The first-order valence-electron chi connectivity index (χ1n) is 7.59. The van der Waals surface area contributed by atoms with Crippen LogP contribution >= 0.6 is 0 Å². The van der Waals surface area contributed by atoms with Gasteiger partial charge >= 0.3 is 0 Å². The Balaban J connectivity index is 2.29. The molecule has 0 saturated carbocycles. The molecule has 1 unspecified atom stereocenters. The molecule has 0 aliphatic carbocycles. The normalized spacial score (nSPS) is 21.8. The van der Waals surface area contributed by atoms with Gasteiger partial charge in [-0.15, -0.1) is 0 Å². The summed E-state index contributed by atoms with van der Waals surface area (Å²) in [5, 5.41) is 10.7.